The van der Waals surface area contributed by atoms with Gasteiger partial charge >= 0.3 is 11.8 Å². The largest absolute Gasteiger partial charge is 0.444 e. The van der Waals surface area contributed by atoms with E-state index in [-0.39, 0.29) is 17.7 Å². The van der Waals surface area contributed by atoms with Gasteiger partial charge in [0.05, 0.1) is 17.3 Å². The number of rotatable bonds is 3. The predicted octanol–water partition coefficient (Wildman–Crippen LogP) is 4.39. The van der Waals surface area contributed by atoms with E-state index in [0.29, 0.717) is 36.4 Å². The number of fused-ring (bicyclic) bond motifs is 1. The van der Waals surface area contributed by atoms with E-state index in [9.17, 15) is 9.59 Å². The van der Waals surface area contributed by atoms with Gasteiger partial charge in [-0.3, -0.25) is 4.98 Å². The Hall–Kier alpha value is -4.21. The molecule has 10 heteroatoms. The van der Waals surface area contributed by atoms with Gasteiger partial charge in [0.25, 0.3) is 0 Å². The van der Waals surface area contributed by atoms with Crippen molar-refractivity contribution in [1.29, 1.82) is 0 Å². The van der Waals surface area contributed by atoms with Crippen LogP contribution in [0.3, 0.4) is 0 Å². The number of hydrogen-bond donors (Lipinski definition) is 1. The molecule has 1 atom stereocenters. The van der Waals surface area contributed by atoms with E-state index < -0.39 is 11.7 Å². The minimum absolute atomic E-state index is 0.0566. The summed E-state index contributed by atoms with van der Waals surface area (Å²) in [6, 6.07) is 13.3. The Kier molecular flexibility index (Phi) is 6.42. The van der Waals surface area contributed by atoms with Crippen LogP contribution in [0.15, 0.2) is 47.3 Å². The summed E-state index contributed by atoms with van der Waals surface area (Å²) in [6.45, 7) is 10.3. The number of piperidine rings is 1. The number of likely N-dealkylation sites (tertiary alicyclic amines) is 1. The molecule has 0 aliphatic carbocycles. The zero-order valence-electron chi connectivity index (χ0n) is 22.4. The summed E-state index contributed by atoms with van der Waals surface area (Å²) in [5.74, 6) is 0.0566. The van der Waals surface area contributed by atoms with E-state index in [0.717, 1.165) is 28.9 Å². The third-order valence-electron chi connectivity index (χ3n) is 6.53. The normalized spacial score (nSPS) is 16.1. The van der Waals surface area contributed by atoms with Gasteiger partial charge in [-0.15, -0.1) is 5.10 Å². The lowest BCUT2D eigenvalue weighted by atomic mass is 9.99. The fraction of sp³-hybridized carbons (Fsp3) is 0.393. The van der Waals surface area contributed by atoms with Crippen molar-refractivity contribution in [1.82, 2.24) is 29.0 Å². The number of pyridine rings is 1. The average molecular weight is 516 g/mol. The highest BCUT2D eigenvalue weighted by Crippen LogP contribution is 2.35. The lowest BCUT2D eigenvalue weighted by molar-refractivity contribution is 0.0165. The fourth-order valence-corrected chi connectivity index (χ4v) is 5.01. The van der Waals surface area contributed by atoms with Gasteiger partial charge in [0, 0.05) is 30.0 Å². The molecule has 0 radical (unpaired) electrons. The summed E-state index contributed by atoms with van der Waals surface area (Å²) in [5, 5.41) is 4.83. The van der Waals surface area contributed by atoms with Crippen LogP contribution in [0.1, 0.15) is 51.0 Å². The van der Waals surface area contributed by atoms with Crippen LogP contribution < -0.4 is 11.4 Å². The Morgan fingerprint density at radius 3 is 2.39 bits per heavy atom. The van der Waals surface area contributed by atoms with Crippen molar-refractivity contribution in [3.63, 3.8) is 0 Å². The van der Waals surface area contributed by atoms with Crippen LogP contribution in [0, 0.1) is 13.8 Å². The lowest BCUT2D eigenvalue weighted by Crippen LogP contribution is -2.45. The number of benzene rings is 1. The Morgan fingerprint density at radius 2 is 1.74 bits per heavy atom. The molecule has 38 heavy (non-hydrogen) atoms. The minimum Gasteiger partial charge on any atom is -0.444 e. The number of ether oxygens (including phenoxy) is 1. The maximum atomic E-state index is 13.7. The molecule has 10 nitrogen and oxygen atoms in total. The standard InChI is InChI=1S/C28H33N7O3/c1-17-14-20(15-18(2)30-17)22-23(19-10-7-6-8-11-19)31-25(29)34-24(22)32-35(26(34)36)21-12-9-13-33(16-21)27(37)38-28(3,4)5/h6-8,10-11,14-15,21H,9,12-13,16H2,1-5H3,(H2,29,31). The zero-order valence-corrected chi connectivity index (χ0v) is 22.4. The molecular formula is C28H33N7O3. The number of carbonyl (C=O) groups is 1. The van der Waals surface area contributed by atoms with Gasteiger partial charge in [-0.25, -0.2) is 23.7 Å². The molecule has 1 amide bonds. The highest BCUT2D eigenvalue weighted by Gasteiger charge is 2.31. The Labute approximate surface area is 221 Å². The van der Waals surface area contributed by atoms with E-state index in [1.807, 2.05) is 77.1 Å². The molecule has 1 aromatic carbocycles. The lowest BCUT2D eigenvalue weighted by Gasteiger charge is -2.33. The molecule has 198 valence electrons. The van der Waals surface area contributed by atoms with Gasteiger partial charge in [-0.2, -0.15) is 0 Å². The fourth-order valence-electron chi connectivity index (χ4n) is 5.01. The number of nitrogens with zero attached hydrogens (tertiary/aromatic N) is 6. The first-order valence-electron chi connectivity index (χ1n) is 12.8. The molecule has 1 fully saturated rings. The summed E-state index contributed by atoms with van der Waals surface area (Å²) < 4.78 is 8.38. The van der Waals surface area contributed by atoms with Crippen molar-refractivity contribution >= 4 is 17.7 Å². The smallest absolute Gasteiger partial charge is 0.410 e. The SMILES string of the molecule is Cc1cc(-c2c(-c3ccccc3)nc(N)n3c(=O)n(C4CCCN(C(=O)OC(C)(C)C)C4)nc23)cc(C)n1. The molecule has 4 heterocycles. The highest BCUT2D eigenvalue weighted by molar-refractivity contribution is 5.90. The van der Waals surface area contributed by atoms with Gasteiger partial charge in [-0.05, 0) is 65.2 Å². The van der Waals surface area contributed by atoms with Crippen LogP contribution in [0.25, 0.3) is 28.0 Å². The van der Waals surface area contributed by atoms with E-state index in [2.05, 4.69) is 4.98 Å². The Morgan fingerprint density at radius 1 is 1.05 bits per heavy atom. The number of nitrogen functional groups attached to an aromatic ring is 1. The maximum absolute atomic E-state index is 13.7. The molecule has 5 rings (SSSR count). The third kappa shape index (κ3) is 4.85. The molecular weight excluding hydrogens is 482 g/mol. The number of aryl methyl sites for hydroxylation is 2. The summed E-state index contributed by atoms with van der Waals surface area (Å²) >= 11 is 0. The monoisotopic (exact) mass is 515 g/mol. The molecule has 0 bridgehead atoms. The number of carbonyl (C=O) groups excluding carboxylic acids is 1. The van der Waals surface area contributed by atoms with E-state index >= 15 is 0 Å². The molecule has 0 spiro atoms. The first-order valence-corrected chi connectivity index (χ1v) is 12.8. The zero-order chi connectivity index (χ0) is 27.2. The topological polar surface area (TPSA) is 121 Å². The van der Waals surface area contributed by atoms with E-state index in [4.69, 9.17) is 20.6 Å². The summed E-state index contributed by atoms with van der Waals surface area (Å²) in [6.07, 6.45) is 1.03. The molecule has 1 saturated heterocycles. The van der Waals surface area contributed by atoms with Crippen molar-refractivity contribution in [2.45, 2.75) is 59.1 Å². The third-order valence-corrected chi connectivity index (χ3v) is 6.53. The number of hydrogen-bond acceptors (Lipinski definition) is 7. The summed E-state index contributed by atoms with van der Waals surface area (Å²) in [4.78, 5) is 37.3. The highest BCUT2D eigenvalue weighted by atomic mass is 16.6. The van der Waals surface area contributed by atoms with Crippen molar-refractivity contribution in [3.05, 3.63) is 64.3 Å². The van der Waals surface area contributed by atoms with Gasteiger partial charge in [0.15, 0.2) is 5.65 Å². The average Bonchev–Trinajstić information content (AvgIpc) is 3.20. The van der Waals surface area contributed by atoms with Gasteiger partial charge in [0.1, 0.15) is 5.60 Å². The summed E-state index contributed by atoms with van der Waals surface area (Å²) in [7, 11) is 0. The first kappa shape index (κ1) is 25.4. The number of anilines is 1. The van der Waals surface area contributed by atoms with Crippen LogP contribution in [-0.2, 0) is 4.74 Å². The van der Waals surface area contributed by atoms with Gasteiger partial charge < -0.3 is 15.4 Å². The van der Waals surface area contributed by atoms with Crippen LogP contribution in [0.2, 0.25) is 0 Å². The van der Waals surface area contributed by atoms with Crippen molar-refractivity contribution < 1.29 is 9.53 Å². The predicted molar refractivity (Wildman–Crippen MR) is 146 cm³/mol. The minimum atomic E-state index is -0.604. The van der Waals surface area contributed by atoms with Crippen LogP contribution in [0.5, 0.6) is 0 Å². The molecule has 1 aliphatic heterocycles. The number of nitrogens with two attached hydrogens (primary N) is 1. The van der Waals surface area contributed by atoms with Gasteiger partial charge in [0.2, 0.25) is 5.95 Å². The molecule has 3 aromatic heterocycles. The van der Waals surface area contributed by atoms with Crippen molar-refractivity contribution in [2.24, 2.45) is 0 Å². The first-order chi connectivity index (χ1) is 18.0. The van der Waals surface area contributed by atoms with Gasteiger partial charge in [-0.1, -0.05) is 30.3 Å². The Balaban J connectivity index is 1.67. The van der Waals surface area contributed by atoms with Crippen LogP contribution in [0.4, 0.5) is 10.7 Å². The molecule has 1 aliphatic rings. The Bertz CT molecular complexity index is 1550. The maximum Gasteiger partial charge on any atom is 0.410 e. The molecule has 4 aromatic rings. The second-order valence-electron chi connectivity index (χ2n) is 10.8. The number of aromatic nitrogens is 5. The van der Waals surface area contributed by atoms with Crippen molar-refractivity contribution in [2.75, 3.05) is 18.8 Å². The van der Waals surface area contributed by atoms with Crippen LogP contribution >= 0.6 is 0 Å². The second-order valence-corrected chi connectivity index (χ2v) is 10.8. The van der Waals surface area contributed by atoms with E-state index in [1.54, 1.807) is 4.90 Å². The molecule has 0 saturated carbocycles. The number of amides is 1. The second kappa shape index (κ2) is 9.59. The summed E-state index contributed by atoms with van der Waals surface area (Å²) in [5.41, 5.74) is 10.6. The van der Waals surface area contributed by atoms with Crippen molar-refractivity contribution in [3.8, 4) is 22.4 Å². The molecule has 2 N–H and O–H groups in total. The molecule has 1 unspecified atom stereocenters. The van der Waals surface area contributed by atoms with E-state index in [1.165, 1.54) is 9.08 Å². The quantitative estimate of drug-likeness (QED) is 0.429. The van der Waals surface area contributed by atoms with Crippen LogP contribution in [-0.4, -0.2) is 53.8 Å².